The number of benzene rings is 1. The predicted molar refractivity (Wildman–Crippen MR) is 169 cm³/mol. The molecule has 2 fully saturated rings. The molecular weight excluding hydrogens is 568 g/mol. The highest BCUT2D eigenvalue weighted by Crippen LogP contribution is 2.55. The molecule has 5 aliphatic rings. The van der Waals surface area contributed by atoms with Crippen molar-refractivity contribution in [1.82, 2.24) is 25.5 Å². The van der Waals surface area contributed by atoms with E-state index in [4.69, 9.17) is 11.6 Å². The minimum atomic E-state index is -0.402. The molecule has 1 aromatic heterocycles. The number of hydrogen-bond acceptors (Lipinski definition) is 8. The first kappa shape index (κ1) is 29.2. The maximum atomic E-state index is 13.2. The first-order chi connectivity index (χ1) is 21.7. The summed E-state index contributed by atoms with van der Waals surface area (Å²) in [5.41, 5.74) is 14.4. The van der Waals surface area contributed by atoms with Crippen LogP contribution in [0.5, 0.6) is 0 Å². The Balaban J connectivity index is 0.979. The van der Waals surface area contributed by atoms with Gasteiger partial charge in [-0.3, -0.25) is 9.59 Å². The molecule has 0 bridgehead atoms. The third kappa shape index (κ3) is 5.28. The number of rotatable bonds is 7. The average molecular weight is 609 g/mol. The molecule has 11 heteroatoms. The fraction of sp³-hybridized carbons (Fsp3) is 0.441. The van der Waals surface area contributed by atoms with Crippen molar-refractivity contribution in [1.29, 1.82) is 0 Å². The lowest BCUT2D eigenvalue weighted by molar-refractivity contribution is 0.0884. The molecule has 0 spiro atoms. The summed E-state index contributed by atoms with van der Waals surface area (Å²) in [7, 11) is 0. The van der Waals surface area contributed by atoms with Crippen LogP contribution in [0.3, 0.4) is 0 Å². The number of nitrogens with one attached hydrogen (secondary N) is 2. The van der Waals surface area contributed by atoms with Gasteiger partial charge in [0.2, 0.25) is 0 Å². The fourth-order valence-corrected chi connectivity index (χ4v) is 7.61. The molecule has 7 N–H and O–H groups in total. The molecule has 45 heavy (non-hydrogen) atoms. The van der Waals surface area contributed by atoms with Gasteiger partial charge in [0, 0.05) is 43.2 Å². The summed E-state index contributed by atoms with van der Waals surface area (Å²) in [4.78, 5) is 36.9. The Kier molecular flexibility index (Phi) is 7.43. The second-order valence-corrected chi connectivity index (χ2v) is 13.0. The Morgan fingerprint density at radius 2 is 1.87 bits per heavy atom. The van der Waals surface area contributed by atoms with E-state index < -0.39 is 6.10 Å². The molecule has 1 aliphatic heterocycles. The Labute approximate surface area is 262 Å². The number of hydrazone groups is 1. The van der Waals surface area contributed by atoms with Crippen LogP contribution >= 0.6 is 0 Å². The summed E-state index contributed by atoms with van der Waals surface area (Å²) in [5, 5.41) is 20.3. The van der Waals surface area contributed by atoms with E-state index in [0.717, 1.165) is 55.6 Å². The SMILES string of the molecule is CC1=C(N2CCCc3ccc(CNC(=O)c4cc(C(=O)N[C@H]5CCC6=C[C@@H]7C(C=C65)C7/C(N)=N/N)ncn4)cc3C2)C(O)C1C. The van der Waals surface area contributed by atoms with Crippen molar-refractivity contribution in [3.63, 3.8) is 0 Å². The van der Waals surface area contributed by atoms with Crippen molar-refractivity contribution in [3.8, 4) is 0 Å². The molecule has 2 saturated carbocycles. The van der Waals surface area contributed by atoms with Crippen molar-refractivity contribution in [3.05, 3.63) is 93.2 Å². The van der Waals surface area contributed by atoms with Gasteiger partial charge >= 0.3 is 0 Å². The monoisotopic (exact) mass is 608 g/mol. The van der Waals surface area contributed by atoms with E-state index in [2.05, 4.69) is 68.7 Å². The Morgan fingerprint density at radius 3 is 2.64 bits per heavy atom. The maximum absolute atomic E-state index is 13.2. The van der Waals surface area contributed by atoms with E-state index in [0.29, 0.717) is 18.3 Å². The van der Waals surface area contributed by atoms with Crippen molar-refractivity contribution < 1.29 is 14.7 Å². The molecule has 7 rings (SSSR count). The lowest BCUT2D eigenvalue weighted by Gasteiger charge is -2.42. The van der Waals surface area contributed by atoms with E-state index in [1.54, 1.807) is 0 Å². The van der Waals surface area contributed by atoms with Crippen LogP contribution in [0.25, 0.3) is 0 Å². The second-order valence-electron chi connectivity index (χ2n) is 13.0. The molecule has 2 heterocycles. The Hall–Kier alpha value is -4.51. The van der Waals surface area contributed by atoms with Crippen LogP contribution in [0.2, 0.25) is 0 Å². The smallest absolute Gasteiger partial charge is 0.270 e. The molecule has 1 aromatic carbocycles. The zero-order chi connectivity index (χ0) is 31.4. The number of fused-ring (bicyclic) bond motifs is 3. The normalized spacial score (nSPS) is 28.5. The number of amides is 2. The third-order valence-corrected chi connectivity index (χ3v) is 10.4. The Bertz CT molecular complexity index is 1690. The summed E-state index contributed by atoms with van der Waals surface area (Å²) >= 11 is 0. The number of amidine groups is 1. The number of nitrogens with two attached hydrogens (primary N) is 2. The first-order valence-electron chi connectivity index (χ1n) is 15.8. The standard InChI is InChI=1S/C34H40N8O3/c1-17-18(2)31(43)30(17)42-9-3-4-20-6-5-19(10-22(20)15-42)14-37-33(44)27-13-28(39-16-38-27)34(45)40-26-8-7-21-11-24-25(12-23(21)26)29(24)32(35)41-36/h5-6,10-13,16,18,24-26,29,31,43H,3-4,7-9,14-15,36H2,1-2H3,(H2,35,41)(H,37,44)(H,40,45)/t18?,24-,25?,26+,29?,31?/m1/s1. The van der Waals surface area contributed by atoms with Gasteiger partial charge < -0.3 is 32.2 Å². The molecule has 4 aliphatic carbocycles. The molecule has 4 unspecified atom stereocenters. The number of aromatic nitrogens is 2. The van der Waals surface area contributed by atoms with Crippen LogP contribution in [-0.4, -0.2) is 56.3 Å². The molecular formula is C34H40N8O3. The van der Waals surface area contributed by atoms with Gasteiger partial charge in [0.15, 0.2) is 0 Å². The topological polar surface area (TPSA) is 172 Å². The van der Waals surface area contributed by atoms with Gasteiger partial charge in [0.25, 0.3) is 11.8 Å². The summed E-state index contributed by atoms with van der Waals surface area (Å²) < 4.78 is 0. The van der Waals surface area contributed by atoms with Crippen LogP contribution in [-0.2, 0) is 19.5 Å². The highest BCUT2D eigenvalue weighted by Gasteiger charge is 2.53. The largest absolute Gasteiger partial charge is 0.386 e. The van der Waals surface area contributed by atoms with Crippen molar-refractivity contribution in [2.24, 2.45) is 40.3 Å². The Morgan fingerprint density at radius 1 is 1.09 bits per heavy atom. The van der Waals surface area contributed by atoms with Gasteiger partial charge in [-0.05, 0) is 77.9 Å². The van der Waals surface area contributed by atoms with E-state index in [1.807, 2.05) is 6.07 Å². The number of aryl methyl sites for hydroxylation is 1. The van der Waals surface area contributed by atoms with Crippen molar-refractivity contribution >= 4 is 17.6 Å². The molecule has 11 nitrogen and oxygen atoms in total. The zero-order valence-electron chi connectivity index (χ0n) is 25.7. The molecule has 0 saturated heterocycles. The quantitative estimate of drug-likeness (QED) is 0.138. The molecule has 6 atom stereocenters. The minimum Gasteiger partial charge on any atom is -0.386 e. The summed E-state index contributed by atoms with van der Waals surface area (Å²) in [6, 6.07) is 7.64. The number of aliphatic hydroxyl groups is 1. The second kappa shape index (κ2) is 11.4. The fourth-order valence-electron chi connectivity index (χ4n) is 7.61. The number of allylic oxidation sites excluding steroid dienone is 2. The number of carbonyl (C=O) groups excluding carboxylic acids is 2. The number of carbonyl (C=O) groups is 2. The molecule has 2 aromatic rings. The van der Waals surface area contributed by atoms with Crippen LogP contribution < -0.4 is 22.2 Å². The van der Waals surface area contributed by atoms with Crippen LogP contribution in [0, 0.1) is 23.7 Å². The van der Waals surface area contributed by atoms with Gasteiger partial charge in [-0.15, -0.1) is 0 Å². The van der Waals surface area contributed by atoms with Crippen LogP contribution in [0.15, 0.2) is 70.3 Å². The summed E-state index contributed by atoms with van der Waals surface area (Å²) in [6.07, 6.45) is 9.00. The lowest BCUT2D eigenvalue weighted by atomic mass is 9.80. The number of nitrogens with zero attached hydrogens (tertiary/aromatic N) is 4. The highest BCUT2D eigenvalue weighted by atomic mass is 16.3. The van der Waals surface area contributed by atoms with E-state index in [-0.39, 0.29) is 47.0 Å². The minimum absolute atomic E-state index is 0.130. The van der Waals surface area contributed by atoms with E-state index >= 15 is 0 Å². The van der Waals surface area contributed by atoms with Gasteiger partial charge in [0.1, 0.15) is 23.6 Å². The van der Waals surface area contributed by atoms with Crippen LogP contribution in [0.1, 0.15) is 70.8 Å². The van der Waals surface area contributed by atoms with Gasteiger partial charge in [-0.2, -0.15) is 5.10 Å². The average Bonchev–Trinajstić information content (AvgIpc) is 3.70. The van der Waals surface area contributed by atoms with Crippen LogP contribution in [0.4, 0.5) is 0 Å². The maximum Gasteiger partial charge on any atom is 0.270 e. The van der Waals surface area contributed by atoms with E-state index in [9.17, 15) is 14.7 Å². The summed E-state index contributed by atoms with van der Waals surface area (Å²) in [5.74, 6) is 6.08. The third-order valence-electron chi connectivity index (χ3n) is 10.4. The van der Waals surface area contributed by atoms with Gasteiger partial charge in [-0.1, -0.05) is 37.3 Å². The van der Waals surface area contributed by atoms with E-state index in [1.165, 1.54) is 34.7 Å². The number of aliphatic hydroxyl groups excluding tert-OH is 1. The predicted octanol–water partition coefficient (Wildman–Crippen LogP) is 2.29. The zero-order valence-corrected chi connectivity index (χ0v) is 25.7. The number of hydrogen-bond donors (Lipinski definition) is 5. The lowest BCUT2D eigenvalue weighted by Crippen LogP contribution is -2.42. The molecule has 234 valence electrons. The van der Waals surface area contributed by atoms with Gasteiger partial charge in [0.05, 0.1) is 12.1 Å². The molecule has 2 amide bonds. The van der Waals surface area contributed by atoms with Gasteiger partial charge in [-0.25, -0.2) is 9.97 Å². The highest BCUT2D eigenvalue weighted by molar-refractivity contribution is 5.97. The molecule has 0 radical (unpaired) electrons. The van der Waals surface area contributed by atoms with Crippen molar-refractivity contribution in [2.45, 2.75) is 64.8 Å². The summed E-state index contributed by atoms with van der Waals surface area (Å²) in [6.45, 7) is 6.15. The first-order valence-corrected chi connectivity index (χ1v) is 15.8. The van der Waals surface area contributed by atoms with Crippen molar-refractivity contribution in [2.75, 3.05) is 6.54 Å².